The molecule has 0 heterocycles. The summed E-state index contributed by atoms with van der Waals surface area (Å²) < 4.78 is 31.1. The van der Waals surface area contributed by atoms with E-state index < -0.39 is 15.9 Å². The van der Waals surface area contributed by atoms with Gasteiger partial charge in [0.15, 0.2) is 5.11 Å². The average Bonchev–Trinajstić information content (AvgIpc) is 2.56. The highest BCUT2D eigenvalue weighted by Crippen LogP contribution is 2.17. The van der Waals surface area contributed by atoms with Crippen molar-refractivity contribution >= 4 is 44.6 Å². The Bertz CT molecular complexity index is 879. The van der Waals surface area contributed by atoms with Crippen molar-refractivity contribution in [1.29, 1.82) is 0 Å². The zero-order valence-electron chi connectivity index (χ0n) is 14.3. The molecule has 0 bridgehead atoms. The molecule has 0 unspecified atom stereocenters. The van der Waals surface area contributed by atoms with Gasteiger partial charge in [0, 0.05) is 18.3 Å². The van der Waals surface area contributed by atoms with E-state index in [2.05, 4.69) is 10.6 Å². The summed E-state index contributed by atoms with van der Waals surface area (Å²) in [6.07, 6.45) is 0. The molecule has 0 saturated heterocycles. The zero-order chi connectivity index (χ0) is 19.2. The summed E-state index contributed by atoms with van der Waals surface area (Å²) in [5.41, 5.74) is 1.39. The number of carbonyl (C=O) groups is 1. The second-order valence-corrected chi connectivity index (χ2v) is 7.31. The van der Waals surface area contributed by atoms with E-state index in [1.54, 1.807) is 12.1 Å². The van der Waals surface area contributed by atoms with Gasteiger partial charge in [0.25, 0.3) is 10.0 Å². The van der Waals surface area contributed by atoms with Crippen LogP contribution < -0.4 is 20.1 Å². The number of nitrogens with one attached hydrogen (secondary N) is 3. The molecule has 0 spiro atoms. The molecule has 9 heteroatoms. The van der Waals surface area contributed by atoms with Gasteiger partial charge in [0.05, 0.1) is 11.5 Å². The number of hydrogen-bond acceptors (Lipinski definition) is 5. The van der Waals surface area contributed by atoms with Crippen LogP contribution in [0, 0.1) is 0 Å². The highest BCUT2D eigenvalue weighted by molar-refractivity contribution is 7.90. The minimum absolute atomic E-state index is 0.0105. The first kappa shape index (κ1) is 19.7. The van der Waals surface area contributed by atoms with E-state index in [9.17, 15) is 13.2 Å². The number of sulfonamides is 1. The van der Waals surface area contributed by atoms with Crippen LogP contribution in [-0.2, 0) is 14.8 Å². The van der Waals surface area contributed by atoms with Crippen LogP contribution in [0.5, 0.6) is 5.75 Å². The van der Waals surface area contributed by atoms with Crippen LogP contribution in [-0.4, -0.2) is 26.0 Å². The van der Waals surface area contributed by atoms with Crippen LogP contribution in [0.2, 0.25) is 0 Å². The Kier molecular flexibility index (Phi) is 6.53. The van der Waals surface area contributed by atoms with Crippen molar-refractivity contribution in [1.82, 2.24) is 4.72 Å². The first-order valence-corrected chi connectivity index (χ1v) is 9.63. The first-order valence-electron chi connectivity index (χ1n) is 7.74. The van der Waals surface area contributed by atoms with Gasteiger partial charge in [0.1, 0.15) is 5.75 Å². The normalized spacial score (nSPS) is 10.7. The van der Waals surface area contributed by atoms with E-state index in [4.69, 9.17) is 17.0 Å². The molecule has 138 valence electrons. The third-order valence-electron chi connectivity index (χ3n) is 3.12. The van der Waals surface area contributed by atoms with Gasteiger partial charge in [-0.2, -0.15) is 0 Å². The monoisotopic (exact) mass is 393 g/mol. The molecule has 0 aromatic heterocycles. The fourth-order valence-electron chi connectivity index (χ4n) is 2.06. The van der Waals surface area contributed by atoms with Gasteiger partial charge in [-0.25, -0.2) is 13.1 Å². The summed E-state index contributed by atoms with van der Waals surface area (Å²) >= 11 is 5.24. The molecular weight excluding hydrogens is 374 g/mol. The molecule has 7 nitrogen and oxygen atoms in total. The van der Waals surface area contributed by atoms with Crippen molar-refractivity contribution in [3.63, 3.8) is 0 Å². The molecule has 1 amide bonds. The Morgan fingerprint density at radius 1 is 1.00 bits per heavy atom. The summed E-state index contributed by atoms with van der Waals surface area (Å²) in [7, 11) is -3.85. The maximum Gasteiger partial charge on any atom is 0.264 e. The second kappa shape index (κ2) is 8.63. The zero-order valence-corrected chi connectivity index (χ0v) is 15.9. The Morgan fingerprint density at radius 2 is 1.50 bits per heavy atom. The lowest BCUT2D eigenvalue weighted by Crippen LogP contribution is -2.28. The topological polar surface area (TPSA) is 96.5 Å². The smallest absolute Gasteiger partial charge is 0.264 e. The summed E-state index contributed by atoms with van der Waals surface area (Å²) in [5.74, 6) is 0.126. The van der Waals surface area contributed by atoms with Gasteiger partial charge in [-0.05, 0) is 67.7 Å². The number of ether oxygens (including phenoxy) is 1. The molecule has 0 aliphatic rings. The lowest BCUT2D eigenvalue weighted by atomic mass is 10.3. The van der Waals surface area contributed by atoms with Gasteiger partial charge in [-0.3, -0.25) is 4.79 Å². The average molecular weight is 393 g/mol. The molecule has 0 atom stereocenters. The molecule has 0 saturated carbocycles. The molecule has 2 aromatic carbocycles. The minimum Gasteiger partial charge on any atom is -0.494 e. The number of benzene rings is 2. The van der Waals surface area contributed by atoms with Crippen molar-refractivity contribution in [3.8, 4) is 5.75 Å². The van der Waals surface area contributed by atoms with Crippen LogP contribution in [0.4, 0.5) is 11.4 Å². The number of rotatable bonds is 6. The Labute approximate surface area is 157 Å². The van der Waals surface area contributed by atoms with Crippen molar-refractivity contribution in [3.05, 3.63) is 48.5 Å². The summed E-state index contributed by atoms with van der Waals surface area (Å²) in [6.45, 7) is 3.65. The van der Waals surface area contributed by atoms with E-state index in [1.807, 2.05) is 35.9 Å². The molecule has 2 rings (SSSR count). The first-order chi connectivity index (χ1) is 12.3. The quantitative estimate of drug-likeness (QED) is 0.649. The maximum atomic E-state index is 11.9. The molecular formula is C17H19N3O4S2. The van der Waals surface area contributed by atoms with Gasteiger partial charge in [0.2, 0.25) is 5.91 Å². The van der Waals surface area contributed by atoms with E-state index in [0.29, 0.717) is 17.4 Å². The van der Waals surface area contributed by atoms with Crippen molar-refractivity contribution in [2.24, 2.45) is 0 Å². The van der Waals surface area contributed by atoms with Crippen LogP contribution in [0.25, 0.3) is 0 Å². The second-order valence-electron chi connectivity index (χ2n) is 5.22. The standard InChI is InChI=1S/C17H19N3O4S2/c1-3-24-15-8-4-13(5-9-15)18-17(25)19-14-6-10-16(11-7-14)26(22,23)20-12(2)21/h4-11H,3H2,1-2H3,(H,20,21)(H2,18,19,25). The van der Waals surface area contributed by atoms with Crippen LogP contribution in [0.1, 0.15) is 13.8 Å². The molecule has 26 heavy (non-hydrogen) atoms. The molecule has 3 N–H and O–H groups in total. The van der Waals surface area contributed by atoms with Crippen LogP contribution >= 0.6 is 12.2 Å². The minimum atomic E-state index is -3.85. The predicted octanol–water partition coefficient (Wildman–Crippen LogP) is 2.72. The third kappa shape index (κ3) is 5.71. The SMILES string of the molecule is CCOc1ccc(NC(=S)Nc2ccc(S(=O)(=O)NC(C)=O)cc2)cc1. The lowest BCUT2D eigenvalue weighted by Gasteiger charge is -2.12. The van der Waals surface area contributed by atoms with Gasteiger partial charge in [-0.15, -0.1) is 0 Å². The van der Waals surface area contributed by atoms with E-state index in [-0.39, 0.29) is 4.90 Å². The molecule has 0 fully saturated rings. The predicted molar refractivity (Wildman–Crippen MR) is 105 cm³/mol. The fourth-order valence-corrected chi connectivity index (χ4v) is 3.29. The summed E-state index contributed by atoms with van der Waals surface area (Å²) in [4.78, 5) is 10.9. The van der Waals surface area contributed by atoms with Crippen LogP contribution in [0.3, 0.4) is 0 Å². The van der Waals surface area contributed by atoms with E-state index >= 15 is 0 Å². The largest absolute Gasteiger partial charge is 0.494 e. The molecule has 0 aliphatic heterocycles. The number of anilines is 2. The van der Waals surface area contributed by atoms with Crippen molar-refractivity contribution in [2.45, 2.75) is 18.7 Å². The Hall–Kier alpha value is -2.65. The fraction of sp³-hybridized carbons (Fsp3) is 0.176. The summed E-state index contributed by atoms with van der Waals surface area (Å²) in [5, 5.41) is 6.33. The lowest BCUT2D eigenvalue weighted by molar-refractivity contribution is -0.117. The molecule has 0 radical (unpaired) electrons. The van der Waals surface area contributed by atoms with E-state index in [0.717, 1.165) is 18.4 Å². The molecule has 2 aromatic rings. The number of hydrogen-bond donors (Lipinski definition) is 3. The number of amides is 1. The Balaban J connectivity index is 1.98. The van der Waals surface area contributed by atoms with Crippen molar-refractivity contribution in [2.75, 3.05) is 17.2 Å². The maximum absolute atomic E-state index is 11.9. The summed E-state index contributed by atoms with van der Waals surface area (Å²) in [6, 6.07) is 13.2. The third-order valence-corrected chi connectivity index (χ3v) is 4.78. The van der Waals surface area contributed by atoms with Crippen molar-refractivity contribution < 1.29 is 17.9 Å². The van der Waals surface area contributed by atoms with Gasteiger partial charge < -0.3 is 15.4 Å². The van der Waals surface area contributed by atoms with Crippen LogP contribution in [0.15, 0.2) is 53.4 Å². The number of carbonyl (C=O) groups excluding carboxylic acids is 1. The highest BCUT2D eigenvalue weighted by Gasteiger charge is 2.15. The number of thiocarbonyl (C=S) groups is 1. The highest BCUT2D eigenvalue weighted by atomic mass is 32.2. The molecule has 0 aliphatic carbocycles. The van der Waals surface area contributed by atoms with Gasteiger partial charge >= 0.3 is 0 Å². The van der Waals surface area contributed by atoms with Gasteiger partial charge in [-0.1, -0.05) is 0 Å². The van der Waals surface area contributed by atoms with E-state index in [1.165, 1.54) is 12.1 Å². The Morgan fingerprint density at radius 3 is 1.96 bits per heavy atom.